The Morgan fingerprint density at radius 1 is 1.56 bits per heavy atom. The lowest BCUT2D eigenvalue weighted by Crippen LogP contribution is -2.31. The van der Waals surface area contributed by atoms with Crippen LogP contribution in [0.2, 0.25) is 0 Å². The standard InChI is InChI=1S/C12H20N4O2/c1-9(2)18-8-7-16(3)12(17)10-5-4-6-11(14-10)15-13/h4-6,9H,7-8,13H2,1-3H3,(H,14,15). The van der Waals surface area contributed by atoms with Crippen molar-refractivity contribution in [2.75, 3.05) is 25.6 Å². The maximum atomic E-state index is 12.0. The van der Waals surface area contributed by atoms with Gasteiger partial charge in [0, 0.05) is 13.6 Å². The molecular formula is C12H20N4O2. The maximum Gasteiger partial charge on any atom is 0.272 e. The molecule has 0 bridgehead atoms. The number of hydrogen-bond acceptors (Lipinski definition) is 5. The Morgan fingerprint density at radius 3 is 2.89 bits per heavy atom. The minimum atomic E-state index is -0.153. The van der Waals surface area contributed by atoms with Crippen molar-refractivity contribution < 1.29 is 9.53 Å². The molecule has 0 saturated heterocycles. The van der Waals surface area contributed by atoms with Crippen LogP contribution in [0.25, 0.3) is 0 Å². The summed E-state index contributed by atoms with van der Waals surface area (Å²) in [5.41, 5.74) is 2.77. The van der Waals surface area contributed by atoms with Gasteiger partial charge in [-0.05, 0) is 26.0 Å². The molecule has 6 nitrogen and oxygen atoms in total. The molecule has 0 unspecified atom stereocenters. The van der Waals surface area contributed by atoms with E-state index in [9.17, 15) is 4.79 Å². The minimum absolute atomic E-state index is 0.153. The highest BCUT2D eigenvalue weighted by atomic mass is 16.5. The second-order valence-electron chi connectivity index (χ2n) is 4.20. The van der Waals surface area contributed by atoms with Crippen molar-refractivity contribution in [1.29, 1.82) is 0 Å². The van der Waals surface area contributed by atoms with Crippen LogP contribution in [0.15, 0.2) is 18.2 Å². The molecule has 6 heteroatoms. The van der Waals surface area contributed by atoms with Crippen molar-refractivity contribution in [3.05, 3.63) is 23.9 Å². The molecule has 1 heterocycles. The van der Waals surface area contributed by atoms with Crippen molar-refractivity contribution >= 4 is 11.7 Å². The number of nitrogen functional groups attached to an aromatic ring is 1. The van der Waals surface area contributed by atoms with Gasteiger partial charge in [-0.15, -0.1) is 0 Å². The fraction of sp³-hybridized carbons (Fsp3) is 0.500. The molecule has 3 N–H and O–H groups in total. The summed E-state index contributed by atoms with van der Waals surface area (Å²) < 4.78 is 5.40. The molecule has 1 amide bonds. The van der Waals surface area contributed by atoms with Gasteiger partial charge in [-0.3, -0.25) is 4.79 Å². The number of anilines is 1. The maximum absolute atomic E-state index is 12.0. The summed E-state index contributed by atoms with van der Waals surface area (Å²) in [6, 6.07) is 5.08. The van der Waals surface area contributed by atoms with E-state index in [0.29, 0.717) is 24.7 Å². The van der Waals surface area contributed by atoms with Gasteiger partial charge in [0.25, 0.3) is 5.91 Å². The monoisotopic (exact) mass is 252 g/mol. The van der Waals surface area contributed by atoms with Crippen LogP contribution in [-0.4, -0.2) is 42.1 Å². The molecule has 0 aromatic carbocycles. The SMILES string of the molecule is CC(C)OCCN(C)C(=O)c1cccc(NN)n1. The molecule has 100 valence electrons. The second kappa shape index (κ2) is 6.93. The molecule has 0 aliphatic rings. The number of carbonyl (C=O) groups is 1. The number of pyridine rings is 1. The van der Waals surface area contributed by atoms with Crippen molar-refractivity contribution in [2.24, 2.45) is 5.84 Å². The number of hydrogen-bond donors (Lipinski definition) is 2. The summed E-state index contributed by atoms with van der Waals surface area (Å²) in [5, 5.41) is 0. The van der Waals surface area contributed by atoms with E-state index in [2.05, 4.69) is 10.4 Å². The first-order valence-corrected chi connectivity index (χ1v) is 5.85. The number of ether oxygens (including phenoxy) is 1. The summed E-state index contributed by atoms with van der Waals surface area (Å²) in [6.07, 6.45) is 0.163. The molecule has 0 spiro atoms. The zero-order valence-electron chi connectivity index (χ0n) is 11.0. The predicted octanol–water partition coefficient (Wildman–Crippen LogP) is 0.864. The number of nitrogens with two attached hydrogens (primary N) is 1. The lowest BCUT2D eigenvalue weighted by atomic mass is 10.3. The molecule has 1 aromatic rings. The van der Waals surface area contributed by atoms with Gasteiger partial charge in [0.2, 0.25) is 0 Å². The normalized spacial score (nSPS) is 10.5. The van der Waals surface area contributed by atoms with E-state index in [4.69, 9.17) is 10.6 Å². The summed E-state index contributed by atoms with van der Waals surface area (Å²) in [6.45, 7) is 4.95. The van der Waals surface area contributed by atoms with E-state index in [1.165, 1.54) is 0 Å². The van der Waals surface area contributed by atoms with Crippen molar-refractivity contribution in [3.63, 3.8) is 0 Å². The minimum Gasteiger partial charge on any atom is -0.377 e. The van der Waals surface area contributed by atoms with Gasteiger partial charge in [0.15, 0.2) is 0 Å². The Hall–Kier alpha value is -1.66. The van der Waals surface area contributed by atoms with E-state index in [-0.39, 0.29) is 12.0 Å². The first-order valence-electron chi connectivity index (χ1n) is 5.85. The van der Waals surface area contributed by atoms with Crippen LogP contribution in [0.3, 0.4) is 0 Å². The number of nitrogens with one attached hydrogen (secondary N) is 1. The molecule has 1 rings (SSSR count). The van der Waals surface area contributed by atoms with Crippen LogP contribution in [-0.2, 0) is 4.74 Å². The molecule has 0 fully saturated rings. The predicted molar refractivity (Wildman–Crippen MR) is 70.1 cm³/mol. The van der Waals surface area contributed by atoms with E-state index in [1.54, 1.807) is 30.1 Å². The Kier molecular flexibility index (Phi) is 5.54. The molecule has 0 aliphatic heterocycles. The van der Waals surface area contributed by atoms with E-state index >= 15 is 0 Å². The first-order chi connectivity index (χ1) is 8.54. The molecule has 0 atom stereocenters. The molecule has 18 heavy (non-hydrogen) atoms. The number of carbonyl (C=O) groups excluding carboxylic acids is 1. The van der Waals surface area contributed by atoms with Crippen molar-refractivity contribution in [2.45, 2.75) is 20.0 Å². The summed E-state index contributed by atoms with van der Waals surface area (Å²) >= 11 is 0. The van der Waals surface area contributed by atoms with Crippen LogP contribution in [0, 0.1) is 0 Å². The van der Waals surface area contributed by atoms with Gasteiger partial charge in [-0.1, -0.05) is 6.07 Å². The summed E-state index contributed by atoms with van der Waals surface area (Å²) in [7, 11) is 1.72. The van der Waals surface area contributed by atoms with Gasteiger partial charge >= 0.3 is 0 Å². The number of amides is 1. The van der Waals surface area contributed by atoms with Crippen molar-refractivity contribution in [1.82, 2.24) is 9.88 Å². The highest BCUT2D eigenvalue weighted by Gasteiger charge is 2.13. The smallest absolute Gasteiger partial charge is 0.272 e. The van der Waals surface area contributed by atoms with Gasteiger partial charge in [0.05, 0.1) is 12.7 Å². The second-order valence-corrected chi connectivity index (χ2v) is 4.20. The van der Waals surface area contributed by atoms with Gasteiger partial charge < -0.3 is 15.1 Å². The fourth-order valence-electron chi connectivity index (χ4n) is 1.36. The number of likely N-dealkylation sites (N-methyl/N-ethyl adjacent to an activating group) is 1. The van der Waals surface area contributed by atoms with Crippen LogP contribution in [0.1, 0.15) is 24.3 Å². The molecule has 0 aliphatic carbocycles. The van der Waals surface area contributed by atoms with Crippen LogP contribution < -0.4 is 11.3 Å². The zero-order chi connectivity index (χ0) is 13.5. The Balaban J connectivity index is 2.56. The van der Waals surface area contributed by atoms with Crippen molar-refractivity contribution in [3.8, 4) is 0 Å². The quantitative estimate of drug-likeness (QED) is 0.580. The molecule has 1 aromatic heterocycles. The van der Waals surface area contributed by atoms with Gasteiger partial charge in [0.1, 0.15) is 11.5 Å². The molecular weight excluding hydrogens is 232 g/mol. The average Bonchev–Trinajstić information content (AvgIpc) is 2.37. The highest BCUT2D eigenvalue weighted by Crippen LogP contribution is 2.05. The number of nitrogens with zero attached hydrogens (tertiary/aromatic N) is 2. The average molecular weight is 252 g/mol. The number of hydrazine groups is 1. The van der Waals surface area contributed by atoms with Gasteiger partial charge in [-0.2, -0.15) is 0 Å². The lowest BCUT2D eigenvalue weighted by molar-refractivity contribution is 0.0529. The zero-order valence-corrected chi connectivity index (χ0v) is 11.0. The highest BCUT2D eigenvalue weighted by molar-refractivity contribution is 5.92. The third-order valence-corrected chi connectivity index (χ3v) is 2.34. The van der Waals surface area contributed by atoms with E-state index in [0.717, 1.165) is 0 Å². The van der Waals surface area contributed by atoms with Crippen LogP contribution in [0.4, 0.5) is 5.82 Å². The Morgan fingerprint density at radius 2 is 2.28 bits per heavy atom. The largest absolute Gasteiger partial charge is 0.377 e. The van der Waals surface area contributed by atoms with Gasteiger partial charge in [-0.25, -0.2) is 10.8 Å². The summed E-state index contributed by atoms with van der Waals surface area (Å²) in [5.74, 6) is 5.56. The Labute approximate surface area is 107 Å². The number of aromatic nitrogens is 1. The Bertz CT molecular complexity index is 395. The molecule has 0 radical (unpaired) electrons. The lowest BCUT2D eigenvalue weighted by Gasteiger charge is -2.17. The number of rotatable bonds is 6. The van der Waals surface area contributed by atoms with Crippen LogP contribution in [0.5, 0.6) is 0 Å². The summed E-state index contributed by atoms with van der Waals surface area (Å²) in [4.78, 5) is 17.7. The fourth-order valence-corrected chi connectivity index (χ4v) is 1.36. The van der Waals surface area contributed by atoms with E-state index < -0.39 is 0 Å². The van der Waals surface area contributed by atoms with E-state index in [1.807, 2.05) is 13.8 Å². The topological polar surface area (TPSA) is 80.5 Å². The third-order valence-electron chi connectivity index (χ3n) is 2.34. The molecule has 0 saturated carbocycles. The van der Waals surface area contributed by atoms with Crippen LogP contribution >= 0.6 is 0 Å². The first kappa shape index (κ1) is 14.4. The third kappa shape index (κ3) is 4.31.